The molecule has 30 heavy (non-hydrogen) atoms. The van der Waals surface area contributed by atoms with Crippen LogP contribution < -0.4 is 4.90 Å². The minimum atomic E-state index is -3.14. The van der Waals surface area contributed by atoms with Crippen molar-refractivity contribution in [2.45, 2.75) is 25.2 Å². The highest BCUT2D eigenvalue weighted by molar-refractivity contribution is 7.88. The van der Waals surface area contributed by atoms with Gasteiger partial charge in [-0.3, -0.25) is 0 Å². The van der Waals surface area contributed by atoms with Gasteiger partial charge >= 0.3 is 0 Å². The molecule has 7 nitrogen and oxygen atoms in total. The fourth-order valence-electron chi connectivity index (χ4n) is 4.95. The third kappa shape index (κ3) is 3.01. The first-order chi connectivity index (χ1) is 14.4. The zero-order valence-corrected chi connectivity index (χ0v) is 17.8. The molecule has 3 heterocycles. The minimum absolute atomic E-state index is 0.488. The van der Waals surface area contributed by atoms with Gasteiger partial charge in [-0.05, 0) is 48.3 Å². The van der Waals surface area contributed by atoms with Crippen LogP contribution in [-0.2, 0) is 10.0 Å². The van der Waals surface area contributed by atoms with E-state index in [0.717, 1.165) is 28.3 Å². The number of rotatable bonds is 4. The van der Waals surface area contributed by atoms with Gasteiger partial charge < -0.3 is 4.90 Å². The van der Waals surface area contributed by atoms with Crippen molar-refractivity contribution in [3.63, 3.8) is 0 Å². The molecule has 1 aromatic carbocycles. The van der Waals surface area contributed by atoms with E-state index in [2.05, 4.69) is 39.2 Å². The fourth-order valence-corrected chi connectivity index (χ4v) is 5.78. The topological polar surface area (TPSA) is 71.3 Å². The molecule has 1 spiro atoms. The van der Waals surface area contributed by atoms with Gasteiger partial charge in [0.15, 0.2) is 0 Å². The number of sulfonamides is 1. The third-order valence-electron chi connectivity index (χ3n) is 7.08. The van der Waals surface area contributed by atoms with Gasteiger partial charge in [-0.2, -0.15) is 9.40 Å². The Hall–Kier alpha value is -2.45. The Morgan fingerprint density at radius 2 is 1.87 bits per heavy atom. The van der Waals surface area contributed by atoms with Gasteiger partial charge in [0, 0.05) is 43.8 Å². The number of aromatic nitrogens is 3. The van der Waals surface area contributed by atoms with E-state index >= 15 is 0 Å². The minimum Gasteiger partial charge on any atom is -0.354 e. The number of benzene rings is 1. The van der Waals surface area contributed by atoms with Crippen LogP contribution in [0.15, 0.2) is 42.7 Å². The first-order valence-corrected chi connectivity index (χ1v) is 12.4. The highest BCUT2D eigenvalue weighted by Gasteiger charge is 2.62. The average Bonchev–Trinajstić information content (AvgIpc) is 3.64. The smallest absolute Gasteiger partial charge is 0.211 e. The lowest BCUT2D eigenvalue weighted by molar-refractivity contribution is 0.387. The highest BCUT2D eigenvalue weighted by atomic mass is 32.2. The predicted molar refractivity (Wildman–Crippen MR) is 117 cm³/mol. The van der Waals surface area contributed by atoms with Crippen molar-refractivity contribution in [1.29, 1.82) is 0 Å². The molecule has 1 aliphatic heterocycles. The monoisotopic (exact) mass is 423 g/mol. The number of anilines is 1. The number of piperazine rings is 1. The summed E-state index contributed by atoms with van der Waals surface area (Å²) in [5.74, 6) is 1.59. The SMILES string of the molecule is CS(=O)(=O)N1CCN(c2cc(-n3ncc4ccc([C@@H]5CC56CC6)cc43)ccn2)CC1. The van der Waals surface area contributed by atoms with Gasteiger partial charge in [-0.25, -0.2) is 18.1 Å². The zero-order valence-electron chi connectivity index (χ0n) is 17.0. The average molecular weight is 424 g/mol. The standard InChI is InChI=1S/C22H25N5O2S/c1-30(28,29)26-10-8-25(9-11-26)21-13-18(4-7-23-21)27-20-12-16(2-3-17(20)15-24-27)19-14-22(19)5-6-22/h2-4,7,12-13,15,19H,5-6,8-11,14H2,1H3/t19-/m0/s1. The molecular weight excluding hydrogens is 398 g/mol. The van der Waals surface area contributed by atoms with Gasteiger partial charge in [0.1, 0.15) is 5.82 Å². The van der Waals surface area contributed by atoms with Gasteiger partial charge in [0.25, 0.3) is 0 Å². The van der Waals surface area contributed by atoms with Crippen LogP contribution >= 0.6 is 0 Å². The molecule has 156 valence electrons. The molecule has 0 radical (unpaired) electrons. The van der Waals surface area contributed by atoms with Crippen molar-refractivity contribution < 1.29 is 8.42 Å². The molecule has 2 saturated carbocycles. The number of nitrogens with zero attached hydrogens (tertiary/aromatic N) is 5. The zero-order chi connectivity index (χ0) is 20.5. The summed E-state index contributed by atoms with van der Waals surface area (Å²) in [5, 5.41) is 5.79. The molecule has 3 aliphatic rings. The molecule has 1 saturated heterocycles. The summed E-state index contributed by atoms with van der Waals surface area (Å²) in [5.41, 5.74) is 4.19. The first kappa shape index (κ1) is 18.3. The second-order valence-electron chi connectivity index (χ2n) is 9.02. The Morgan fingerprint density at radius 3 is 2.57 bits per heavy atom. The van der Waals surface area contributed by atoms with Crippen molar-refractivity contribution in [3.8, 4) is 5.69 Å². The lowest BCUT2D eigenvalue weighted by Gasteiger charge is -2.34. The molecule has 2 aromatic heterocycles. The third-order valence-corrected chi connectivity index (χ3v) is 8.39. The second-order valence-corrected chi connectivity index (χ2v) is 11.0. The van der Waals surface area contributed by atoms with E-state index in [4.69, 9.17) is 0 Å². The molecular formula is C22H25N5O2S. The van der Waals surface area contributed by atoms with Crippen molar-refractivity contribution in [2.24, 2.45) is 5.41 Å². The van der Waals surface area contributed by atoms with Crippen LogP contribution in [0.1, 0.15) is 30.7 Å². The van der Waals surface area contributed by atoms with E-state index in [1.165, 1.54) is 35.4 Å². The van der Waals surface area contributed by atoms with Crippen LogP contribution in [0.2, 0.25) is 0 Å². The highest BCUT2D eigenvalue weighted by Crippen LogP contribution is 2.75. The van der Waals surface area contributed by atoms with Crippen molar-refractivity contribution in [3.05, 3.63) is 48.3 Å². The maximum Gasteiger partial charge on any atom is 0.211 e. The lowest BCUT2D eigenvalue weighted by atomic mass is 10.1. The van der Waals surface area contributed by atoms with Crippen molar-refractivity contribution >= 4 is 26.7 Å². The van der Waals surface area contributed by atoms with Crippen LogP contribution in [0.3, 0.4) is 0 Å². The summed E-state index contributed by atoms with van der Waals surface area (Å²) in [6.07, 6.45) is 9.11. The first-order valence-electron chi connectivity index (χ1n) is 10.6. The van der Waals surface area contributed by atoms with E-state index in [1.807, 2.05) is 23.1 Å². The van der Waals surface area contributed by atoms with Crippen LogP contribution in [0.5, 0.6) is 0 Å². The molecule has 0 bridgehead atoms. The van der Waals surface area contributed by atoms with Gasteiger partial charge in [-0.15, -0.1) is 0 Å². The van der Waals surface area contributed by atoms with E-state index in [-0.39, 0.29) is 0 Å². The molecule has 1 atom stereocenters. The summed E-state index contributed by atoms with van der Waals surface area (Å²) in [4.78, 5) is 6.68. The Balaban J connectivity index is 1.29. The Morgan fingerprint density at radius 1 is 1.07 bits per heavy atom. The maximum absolute atomic E-state index is 11.8. The second kappa shape index (κ2) is 6.28. The number of fused-ring (bicyclic) bond motifs is 1. The fraction of sp³-hybridized carbons (Fsp3) is 0.455. The molecule has 0 N–H and O–H groups in total. The molecule has 0 amide bonds. The van der Waals surface area contributed by atoms with Crippen LogP contribution in [0.4, 0.5) is 5.82 Å². The molecule has 2 aliphatic carbocycles. The summed E-state index contributed by atoms with van der Waals surface area (Å²) in [6.45, 7) is 2.25. The van der Waals surface area contributed by atoms with E-state index in [1.54, 1.807) is 0 Å². The molecule has 0 unspecified atom stereocenters. The van der Waals surface area contributed by atoms with Crippen molar-refractivity contribution in [2.75, 3.05) is 37.3 Å². The summed E-state index contributed by atoms with van der Waals surface area (Å²) in [6, 6.07) is 10.8. The van der Waals surface area contributed by atoms with Crippen LogP contribution in [0, 0.1) is 5.41 Å². The largest absolute Gasteiger partial charge is 0.354 e. The van der Waals surface area contributed by atoms with Gasteiger partial charge in [-0.1, -0.05) is 12.1 Å². The van der Waals surface area contributed by atoms with E-state index in [0.29, 0.717) is 31.6 Å². The van der Waals surface area contributed by atoms with Gasteiger partial charge in [0.05, 0.1) is 23.7 Å². The molecule has 6 rings (SSSR count). The summed E-state index contributed by atoms with van der Waals surface area (Å²) >= 11 is 0. The number of pyridine rings is 1. The van der Waals surface area contributed by atoms with Crippen molar-refractivity contribution in [1.82, 2.24) is 19.1 Å². The number of hydrogen-bond donors (Lipinski definition) is 0. The van der Waals surface area contributed by atoms with Gasteiger partial charge in [0.2, 0.25) is 10.0 Å². The molecule has 3 fully saturated rings. The molecule has 3 aromatic rings. The Labute approximate surface area is 176 Å². The van der Waals surface area contributed by atoms with Crippen LogP contribution in [-0.4, -0.2) is 59.9 Å². The summed E-state index contributed by atoms with van der Waals surface area (Å²) < 4.78 is 27.1. The summed E-state index contributed by atoms with van der Waals surface area (Å²) in [7, 11) is -3.14. The van der Waals surface area contributed by atoms with E-state index in [9.17, 15) is 8.42 Å². The quantitative estimate of drug-likeness (QED) is 0.645. The Kier molecular flexibility index (Phi) is 3.83. The normalized spacial score (nSPS) is 23.2. The number of hydrogen-bond acceptors (Lipinski definition) is 5. The van der Waals surface area contributed by atoms with Crippen LogP contribution in [0.25, 0.3) is 16.6 Å². The predicted octanol–water partition coefficient (Wildman–Crippen LogP) is 2.77. The lowest BCUT2D eigenvalue weighted by Crippen LogP contribution is -2.48. The Bertz CT molecular complexity index is 1240. The van der Waals surface area contributed by atoms with E-state index < -0.39 is 10.0 Å². The molecule has 8 heteroatoms. The maximum atomic E-state index is 11.8.